The van der Waals surface area contributed by atoms with Crippen LogP contribution in [0.4, 0.5) is 0 Å². The molecular weight excluding hydrogens is 348 g/mol. The van der Waals surface area contributed by atoms with E-state index in [9.17, 15) is 14.7 Å². The molecule has 3 rings (SSSR count). The van der Waals surface area contributed by atoms with Gasteiger partial charge in [-0.1, -0.05) is 18.2 Å². The number of para-hydroxylation sites is 1. The third-order valence-electron chi connectivity index (χ3n) is 4.90. The number of carboxylic acid groups (broad SMARTS) is 1. The van der Waals surface area contributed by atoms with Gasteiger partial charge in [-0.25, -0.2) is 0 Å². The molecule has 1 aliphatic heterocycles. The van der Waals surface area contributed by atoms with Gasteiger partial charge in [-0.2, -0.15) is 0 Å². The number of carboxylic acids is 1. The lowest BCUT2D eigenvalue weighted by Crippen LogP contribution is -2.31. The second-order valence-electron chi connectivity index (χ2n) is 6.47. The van der Waals surface area contributed by atoms with Crippen LogP contribution in [0.15, 0.2) is 42.7 Å². The molecule has 27 heavy (non-hydrogen) atoms. The summed E-state index contributed by atoms with van der Waals surface area (Å²) in [6.07, 6.45) is 3.49. The molecule has 1 amide bonds. The molecule has 1 saturated heterocycles. The summed E-state index contributed by atoms with van der Waals surface area (Å²) in [4.78, 5) is 30.2. The standard InChI is InChI=1S/C20H22N2O5/c1-26-17-7-3-6-14(19(17)27-2)15-11-22(12-16(15)20(24)25)18(23)9-13-5-4-8-21-10-13/h3-8,10,15-16H,9,11-12H2,1-2H3,(H,24,25)/t15-,16+/m0/s1. The van der Waals surface area contributed by atoms with E-state index in [4.69, 9.17) is 9.47 Å². The zero-order valence-electron chi connectivity index (χ0n) is 15.3. The summed E-state index contributed by atoms with van der Waals surface area (Å²) < 4.78 is 10.8. The first-order chi connectivity index (χ1) is 13.0. The van der Waals surface area contributed by atoms with Gasteiger partial charge in [-0.15, -0.1) is 0 Å². The summed E-state index contributed by atoms with van der Waals surface area (Å²) in [7, 11) is 3.06. The fourth-order valence-corrected chi connectivity index (χ4v) is 3.57. The van der Waals surface area contributed by atoms with Crippen molar-refractivity contribution >= 4 is 11.9 Å². The van der Waals surface area contributed by atoms with E-state index in [0.29, 0.717) is 18.0 Å². The Morgan fingerprint density at radius 1 is 1.19 bits per heavy atom. The van der Waals surface area contributed by atoms with E-state index >= 15 is 0 Å². The Morgan fingerprint density at radius 3 is 2.63 bits per heavy atom. The summed E-state index contributed by atoms with van der Waals surface area (Å²) >= 11 is 0. The van der Waals surface area contributed by atoms with Gasteiger partial charge in [0.1, 0.15) is 0 Å². The zero-order chi connectivity index (χ0) is 19.4. The molecule has 7 heteroatoms. The van der Waals surface area contributed by atoms with Crippen molar-refractivity contribution in [2.45, 2.75) is 12.3 Å². The van der Waals surface area contributed by atoms with E-state index in [-0.39, 0.29) is 24.8 Å². The molecule has 0 spiro atoms. The van der Waals surface area contributed by atoms with Crippen molar-refractivity contribution < 1.29 is 24.2 Å². The van der Waals surface area contributed by atoms with Crippen molar-refractivity contribution in [1.82, 2.24) is 9.88 Å². The van der Waals surface area contributed by atoms with Crippen LogP contribution in [0.2, 0.25) is 0 Å². The van der Waals surface area contributed by atoms with Gasteiger partial charge in [0.25, 0.3) is 0 Å². The molecule has 142 valence electrons. The monoisotopic (exact) mass is 370 g/mol. The Labute approximate surface area is 157 Å². The van der Waals surface area contributed by atoms with Crippen LogP contribution in [0.25, 0.3) is 0 Å². The Balaban J connectivity index is 1.86. The normalized spacial score (nSPS) is 19.0. The Kier molecular flexibility index (Phi) is 5.59. The average molecular weight is 370 g/mol. The molecule has 0 saturated carbocycles. The SMILES string of the molecule is COc1cccc([C@@H]2CN(C(=O)Cc3cccnc3)C[C@H]2C(=O)O)c1OC. The van der Waals surface area contributed by atoms with Gasteiger partial charge in [-0.05, 0) is 17.7 Å². The number of hydrogen-bond acceptors (Lipinski definition) is 5. The maximum atomic E-state index is 12.7. The number of ether oxygens (including phenoxy) is 2. The van der Waals surface area contributed by atoms with Gasteiger partial charge in [0.2, 0.25) is 5.91 Å². The van der Waals surface area contributed by atoms with E-state index < -0.39 is 11.9 Å². The van der Waals surface area contributed by atoms with Crippen molar-refractivity contribution in [3.05, 3.63) is 53.9 Å². The van der Waals surface area contributed by atoms with Crippen molar-refractivity contribution in [1.29, 1.82) is 0 Å². The topological polar surface area (TPSA) is 89.0 Å². The largest absolute Gasteiger partial charge is 0.493 e. The van der Waals surface area contributed by atoms with Gasteiger partial charge in [0.05, 0.1) is 26.6 Å². The summed E-state index contributed by atoms with van der Waals surface area (Å²) in [5, 5.41) is 9.70. The van der Waals surface area contributed by atoms with Gasteiger partial charge >= 0.3 is 5.97 Å². The number of rotatable bonds is 6. The smallest absolute Gasteiger partial charge is 0.308 e. The van der Waals surface area contributed by atoms with Crippen LogP contribution in [0.3, 0.4) is 0 Å². The number of hydrogen-bond donors (Lipinski definition) is 1. The highest BCUT2D eigenvalue weighted by atomic mass is 16.5. The number of nitrogens with zero attached hydrogens (tertiary/aromatic N) is 2. The van der Waals surface area contributed by atoms with E-state index in [0.717, 1.165) is 11.1 Å². The molecular formula is C20H22N2O5. The highest BCUT2D eigenvalue weighted by molar-refractivity contribution is 5.81. The molecule has 0 radical (unpaired) electrons. The average Bonchev–Trinajstić information content (AvgIpc) is 3.13. The van der Waals surface area contributed by atoms with E-state index in [2.05, 4.69) is 4.98 Å². The summed E-state index contributed by atoms with van der Waals surface area (Å²) in [5.74, 6) is -1.06. The minimum atomic E-state index is -0.929. The number of pyridine rings is 1. The Morgan fingerprint density at radius 2 is 2.00 bits per heavy atom. The van der Waals surface area contributed by atoms with Gasteiger partial charge < -0.3 is 19.5 Å². The van der Waals surface area contributed by atoms with Gasteiger partial charge in [0, 0.05) is 37.0 Å². The number of aliphatic carboxylic acids is 1. The third kappa shape index (κ3) is 3.86. The summed E-state index contributed by atoms with van der Waals surface area (Å²) in [6, 6.07) is 9.00. The molecule has 2 atom stereocenters. The van der Waals surface area contributed by atoms with Crippen molar-refractivity contribution in [3.8, 4) is 11.5 Å². The second kappa shape index (κ2) is 8.07. The highest BCUT2D eigenvalue weighted by Gasteiger charge is 2.41. The molecule has 0 unspecified atom stereocenters. The second-order valence-corrected chi connectivity index (χ2v) is 6.47. The molecule has 1 aromatic carbocycles. The highest BCUT2D eigenvalue weighted by Crippen LogP contribution is 2.42. The maximum absolute atomic E-state index is 12.7. The first-order valence-corrected chi connectivity index (χ1v) is 8.65. The van der Waals surface area contributed by atoms with Crippen molar-refractivity contribution in [3.63, 3.8) is 0 Å². The maximum Gasteiger partial charge on any atom is 0.308 e. The van der Waals surface area contributed by atoms with Crippen LogP contribution in [0, 0.1) is 5.92 Å². The minimum Gasteiger partial charge on any atom is -0.493 e. The summed E-state index contributed by atoms with van der Waals surface area (Å²) in [5.41, 5.74) is 1.54. The van der Waals surface area contributed by atoms with Gasteiger partial charge in [-0.3, -0.25) is 14.6 Å². The molecule has 2 heterocycles. The number of amides is 1. The Bertz CT molecular complexity index is 824. The third-order valence-corrected chi connectivity index (χ3v) is 4.90. The fraction of sp³-hybridized carbons (Fsp3) is 0.350. The van der Waals surface area contributed by atoms with Crippen molar-refractivity contribution in [2.75, 3.05) is 27.3 Å². The quantitative estimate of drug-likeness (QED) is 0.836. The molecule has 1 aliphatic rings. The van der Waals surface area contributed by atoms with Crippen LogP contribution in [-0.2, 0) is 16.0 Å². The molecule has 0 aliphatic carbocycles. The van der Waals surface area contributed by atoms with Crippen LogP contribution in [0.5, 0.6) is 11.5 Å². The lowest BCUT2D eigenvalue weighted by molar-refractivity contribution is -0.141. The van der Waals surface area contributed by atoms with E-state index in [1.54, 1.807) is 35.5 Å². The molecule has 1 fully saturated rings. The molecule has 0 bridgehead atoms. The number of benzene rings is 1. The van der Waals surface area contributed by atoms with Crippen LogP contribution in [-0.4, -0.2) is 54.2 Å². The first-order valence-electron chi connectivity index (χ1n) is 8.65. The van der Waals surface area contributed by atoms with E-state index in [1.807, 2.05) is 12.1 Å². The molecule has 7 nitrogen and oxygen atoms in total. The van der Waals surface area contributed by atoms with Gasteiger partial charge in [0.15, 0.2) is 11.5 Å². The lowest BCUT2D eigenvalue weighted by Gasteiger charge is -2.20. The molecule has 2 aromatic rings. The minimum absolute atomic E-state index is 0.112. The number of methoxy groups -OCH3 is 2. The fourth-order valence-electron chi connectivity index (χ4n) is 3.57. The van der Waals surface area contributed by atoms with Crippen molar-refractivity contribution in [2.24, 2.45) is 5.92 Å². The van der Waals surface area contributed by atoms with E-state index in [1.165, 1.54) is 14.2 Å². The molecule has 1 N–H and O–H groups in total. The van der Waals surface area contributed by atoms with Crippen LogP contribution >= 0.6 is 0 Å². The summed E-state index contributed by atoms with van der Waals surface area (Å²) in [6.45, 7) is 0.485. The number of aromatic nitrogens is 1. The van der Waals surface area contributed by atoms with Crippen LogP contribution in [0.1, 0.15) is 17.0 Å². The lowest BCUT2D eigenvalue weighted by atomic mass is 9.88. The number of carbonyl (C=O) groups excluding carboxylic acids is 1. The van der Waals surface area contributed by atoms with Crippen LogP contribution < -0.4 is 9.47 Å². The Hall–Kier alpha value is -3.09. The molecule has 1 aromatic heterocycles. The predicted molar refractivity (Wildman–Crippen MR) is 97.9 cm³/mol. The zero-order valence-corrected chi connectivity index (χ0v) is 15.3. The first kappa shape index (κ1) is 18.7. The number of carbonyl (C=O) groups is 2. The predicted octanol–water partition coefficient (Wildman–Crippen LogP) is 1.97. The number of likely N-dealkylation sites (tertiary alicyclic amines) is 1.